The lowest BCUT2D eigenvalue weighted by molar-refractivity contribution is 0.415. The molecule has 112 valence electrons. The molecule has 2 aliphatic rings. The number of thiophene rings is 1. The Morgan fingerprint density at radius 1 is 1.14 bits per heavy atom. The summed E-state index contributed by atoms with van der Waals surface area (Å²) in [6, 6.07) is 2.87. The molecule has 1 aromatic rings. The van der Waals surface area contributed by atoms with Crippen molar-refractivity contribution < 1.29 is 0 Å². The third-order valence-corrected chi connectivity index (χ3v) is 5.88. The Morgan fingerprint density at radius 3 is 2.67 bits per heavy atom. The van der Waals surface area contributed by atoms with Crippen LogP contribution in [0.15, 0.2) is 0 Å². The molecule has 0 spiro atoms. The zero-order valence-electron chi connectivity index (χ0n) is 12.2. The van der Waals surface area contributed by atoms with Crippen LogP contribution in [0, 0.1) is 11.3 Å². The maximum Gasteiger partial charge on any atom is 0.171 e. The molecule has 0 bridgehead atoms. The van der Waals surface area contributed by atoms with Crippen LogP contribution in [0.4, 0.5) is 5.00 Å². The molecule has 0 saturated heterocycles. The average molecular weight is 319 g/mol. The maximum atomic E-state index is 9.45. The molecule has 1 fully saturated rings. The molecule has 1 heterocycles. The van der Waals surface area contributed by atoms with Crippen molar-refractivity contribution in [3.63, 3.8) is 0 Å². The molecule has 0 aromatic carbocycles. The zero-order valence-corrected chi connectivity index (χ0v) is 13.8. The summed E-state index contributed by atoms with van der Waals surface area (Å²) >= 11 is 7.16. The topological polar surface area (TPSA) is 47.9 Å². The second-order valence-corrected chi connectivity index (χ2v) is 7.47. The van der Waals surface area contributed by atoms with Crippen molar-refractivity contribution in [2.45, 2.75) is 63.8 Å². The Kier molecular flexibility index (Phi) is 4.77. The van der Waals surface area contributed by atoms with Crippen LogP contribution in [0.3, 0.4) is 0 Å². The van der Waals surface area contributed by atoms with Gasteiger partial charge in [-0.25, -0.2) is 0 Å². The van der Waals surface area contributed by atoms with Gasteiger partial charge in [-0.2, -0.15) is 5.26 Å². The minimum absolute atomic E-state index is 0.499. The second-order valence-electron chi connectivity index (χ2n) is 5.96. The van der Waals surface area contributed by atoms with Crippen molar-refractivity contribution in [1.29, 1.82) is 5.26 Å². The molecule has 3 nitrogen and oxygen atoms in total. The number of hydrogen-bond donors (Lipinski definition) is 2. The van der Waals surface area contributed by atoms with Crippen molar-refractivity contribution in [2.75, 3.05) is 5.32 Å². The van der Waals surface area contributed by atoms with E-state index in [0.29, 0.717) is 11.2 Å². The largest absolute Gasteiger partial charge is 0.360 e. The number of rotatable bonds is 2. The van der Waals surface area contributed by atoms with Gasteiger partial charge in [-0.3, -0.25) is 0 Å². The van der Waals surface area contributed by atoms with Crippen molar-refractivity contribution in [3.8, 4) is 6.07 Å². The van der Waals surface area contributed by atoms with Gasteiger partial charge in [-0.1, -0.05) is 19.3 Å². The minimum Gasteiger partial charge on any atom is -0.360 e. The molecule has 0 atom stereocenters. The molecule has 0 unspecified atom stereocenters. The summed E-state index contributed by atoms with van der Waals surface area (Å²) in [7, 11) is 0. The summed E-state index contributed by atoms with van der Waals surface area (Å²) in [6.07, 6.45) is 10.9. The standard InChI is InChI=1S/C16H21N3S2/c17-10-13-12-8-4-5-9-14(12)21-15(13)19-16(20)18-11-6-2-1-3-7-11/h11H,1-9H2,(H2,18,19,20). The summed E-state index contributed by atoms with van der Waals surface area (Å²) in [4.78, 5) is 1.38. The number of thiocarbonyl (C=S) groups is 1. The molecule has 21 heavy (non-hydrogen) atoms. The number of anilines is 1. The number of nitrogens with zero attached hydrogens (tertiary/aromatic N) is 1. The lowest BCUT2D eigenvalue weighted by atomic mass is 9.96. The van der Waals surface area contributed by atoms with Gasteiger partial charge in [0.05, 0.1) is 5.56 Å². The number of fused-ring (bicyclic) bond motifs is 1. The van der Waals surface area contributed by atoms with Gasteiger partial charge in [0, 0.05) is 10.9 Å². The highest BCUT2D eigenvalue weighted by Gasteiger charge is 2.21. The van der Waals surface area contributed by atoms with Gasteiger partial charge in [-0.05, 0) is 56.3 Å². The van der Waals surface area contributed by atoms with E-state index in [-0.39, 0.29) is 0 Å². The SMILES string of the molecule is N#Cc1c(NC(=S)NC2CCCCC2)sc2c1CCCC2. The number of nitriles is 1. The molecule has 5 heteroatoms. The van der Waals surface area contributed by atoms with Crippen LogP contribution in [0.1, 0.15) is 60.9 Å². The van der Waals surface area contributed by atoms with Gasteiger partial charge in [0.15, 0.2) is 5.11 Å². The van der Waals surface area contributed by atoms with E-state index in [1.54, 1.807) is 11.3 Å². The van der Waals surface area contributed by atoms with Crippen LogP contribution in [-0.2, 0) is 12.8 Å². The lowest BCUT2D eigenvalue weighted by Crippen LogP contribution is -2.38. The van der Waals surface area contributed by atoms with Gasteiger partial charge in [0.25, 0.3) is 0 Å². The van der Waals surface area contributed by atoms with E-state index < -0.39 is 0 Å². The van der Waals surface area contributed by atoms with Crippen LogP contribution in [0.2, 0.25) is 0 Å². The fraction of sp³-hybridized carbons (Fsp3) is 0.625. The van der Waals surface area contributed by atoms with Crippen molar-refractivity contribution in [3.05, 3.63) is 16.0 Å². The molecular weight excluding hydrogens is 298 g/mol. The van der Waals surface area contributed by atoms with E-state index in [2.05, 4.69) is 16.7 Å². The normalized spacial score (nSPS) is 18.6. The molecule has 0 amide bonds. The van der Waals surface area contributed by atoms with Gasteiger partial charge in [0.1, 0.15) is 11.1 Å². The summed E-state index contributed by atoms with van der Waals surface area (Å²) in [6.45, 7) is 0. The first-order valence-electron chi connectivity index (χ1n) is 7.90. The predicted octanol–water partition coefficient (Wildman–Crippen LogP) is 4.12. The molecule has 1 saturated carbocycles. The molecular formula is C16H21N3S2. The fourth-order valence-corrected chi connectivity index (χ4v) is 4.92. The van der Waals surface area contributed by atoms with Gasteiger partial charge >= 0.3 is 0 Å². The van der Waals surface area contributed by atoms with Crippen LogP contribution in [0.25, 0.3) is 0 Å². The number of aryl methyl sites for hydroxylation is 1. The van der Waals surface area contributed by atoms with Gasteiger partial charge < -0.3 is 10.6 Å². The zero-order chi connectivity index (χ0) is 14.7. The number of nitrogens with one attached hydrogen (secondary N) is 2. The van der Waals surface area contributed by atoms with E-state index in [0.717, 1.165) is 23.4 Å². The maximum absolute atomic E-state index is 9.45. The summed E-state index contributed by atoms with van der Waals surface area (Å²) < 4.78 is 0. The van der Waals surface area contributed by atoms with E-state index in [1.807, 2.05) is 0 Å². The van der Waals surface area contributed by atoms with E-state index in [1.165, 1.54) is 55.4 Å². The Hall–Kier alpha value is -1.12. The average Bonchev–Trinajstić information content (AvgIpc) is 2.85. The Balaban J connectivity index is 1.68. The van der Waals surface area contributed by atoms with Crippen LogP contribution >= 0.6 is 23.6 Å². The fourth-order valence-electron chi connectivity index (χ4n) is 3.34. The third-order valence-electron chi connectivity index (χ3n) is 4.45. The third kappa shape index (κ3) is 3.38. The van der Waals surface area contributed by atoms with Crippen molar-refractivity contribution >= 4 is 33.7 Å². The molecule has 0 aliphatic heterocycles. The molecule has 2 aliphatic carbocycles. The summed E-state index contributed by atoms with van der Waals surface area (Å²) in [5, 5.41) is 17.8. The second kappa shape index (κ2) is 6.76. The van der Waals surface area contributed by atoms with E-state index in [4.69, 9.17) is 12.2 Å². The predicted molar refractivity (Wildman–Crippen MR) is 91.9 cm³/mol. The quantitative estimate of drug-likeness (QED) is 0.805. The van der Waals surface area contributed by atoms with E-state index in [9.17, 15) is 5.26 Å². The highest BCUT2D eigenvalue weighted by molar-refractivity contribution is 7.80. The minimum atomic E-state index is 0.499. The first kappa shape index (κ1) is 14.8. The molecule has 3 rings (SSSR count). The summed E-state index contributed by atoms with van der Waals surface area (Å²) in [5.41, 5.74) is 2.08. The van der Waals surface area contributed by atoms with Crippen LogP contribution < -0.4 is 10.6 Å². The monoisotopic (exact) mass is 319 g/mol. The Morgan fingerprint density at radius 2 is 1.90 bits per heavy atom. The summed E-state index contributed by atoms with van der Waals surface area (Å²) in [5.74, 6) is 0. The Bertz CT molecular complexity index is 565. The lowest BCUT2D eigenvalue weighted by Gasteiger charge is -2.24. The van der Waals surface area contributed by atoms with Crippen LogP contribution in [0.5, 0.6) is 0 Å². The van der Waals surface area contributed by atoms with Gasteiger partial charge in [-0.15, -0.1) is 11.3 Å². The van der Waals surface area contributed by atoms with Gasteiger partial charge in [0.2, 0.25) is 0 Å². The van der Waals surface area contributed by atoms with Crippen molar-refractivity contribution in [1.82, 2.24) is 5.32 Å². The molecule has 0 radical (unpaired) electrons. The first-order chi connectivity index (χ1) is 10.3. The van der Waals surface area contributed by atoms with Crippen molar-refractivity contribution in [2.24, 2.45) is 0 Å². The highest BCUT2D eigenvalue weighted by Crippen LogP contribution is 2.37. The first-order valence-corrected chi connectivity index (χ1v) is 9.12. The van der Waals surface area contributed by atoms with Crippen LogP contribution in [-0.4, -0.2) is 11.2 Å². The Labute approximate surface area is 135 Å². The molecule has 1 aromatic heterocycles. The number of hydrogen-bond acceptors (Lipinski definition) is 3. The molecule has 2 N–H and O–H groups in total. The smallest absolute Gasteiger partial charge is 0.171 e. The highest BCUT2D eigenvalue weighted by atomic mass is 32.1. The van der Waals surface area contributed by atoms with E-state index >= 15 is 0 Å².